The Morgan fingerprint density at radius 2 is 0.977 bits per heavy atom. The van der Waals surface area contributed by atoms with Crippen LogP contribution in [0.25, 0.3) is 80.3 Å². The van der Waals surface area contributed by atoms with Crippen LogP contribution in [-0.4, -0.2) is 9.55 Å². The minimum Gasteiger partial charge on any atom is -0.309 e. The maximum atomic E-state index is 4.35. The van der Waals surface area contributed by atoms with E-state index in [2.05, 4.69) is 155 Å². The fourth-order valence-corrected chi connectivity index (χ4v) is 7.78. The third-order valence-electron chi connectivity index (χ3n) is 8.73. The van der Waals surface area contributed by atoms with Crippen LogP contribution in [0.15, 0.2) is 158 Å². The average molecular weight is 579 g/mol. The first-order chi connectivity index (χ1) is 21.8. The summed E-state index contributed by atoms with van der Waals surface area (Å²) in [6, 6.07) is 53.2. The molecule has 0 aliphatic heterocycles. The van der Waals surface area contributed by atoms with Crippen LogP contribution >= 0.6 is 11.3 Å². The molecule has 0 unspecified atom stereocenters. The van der Waals surface area contributed by atoms with Gasteiger partial charge in [0.25, 0.3) is 0 Å². The molecule has 0 aliphatic carbocycles. The lowest BCUT2D eigenvalue weighted by molar-refractivity contribution is 1.17. The number of pyridine rings is 1. The van der Waals surface area contributed by atoms with Crippen LogP contribution < -0.4 is 0 Å². The molecule has 3 heterocycles. The number of nitrogens with zero attached hydrogens (tertiary/aromatic N) is 2. The highest BCUT2D eigenvalue weighted by molar-refractivity contribution is 7.25. The van der Waals surface area contributed by atoms with E-state index in [1.807, 2.05) is 12.4 Å². The van der Waals surface area contributed by atoms with E-state index in [-0.39, 0.29) is 0 Å². The number of benzene rings is 6. The molecule has 0 amide bonds. The summed E-state index contributed by atoms with van der Waals surface area (Å²) in [7, 11) is 0. The van der Waals surface area contributed by atoms with Gasteiger partial charge in [-0.15, -0.1) is 11.3 Å². The molecule has 0 bridgehead atoms. The first-order valence-electron chi connectivity index (χ1n) is 14.9. The second-order valence-electron chi connectivity index (χ2n) is 11.2. The van der Waals surface area contributed by atoms with Crippen molar-refractivity contribution >= 4 is 74.9 Å². The molecule has 44 heavy (non-hydrogen) atoms. The first-order valence-corrected chi connectivity index (χ1v) is 15.7. The molecule has 0 fully saturated rings. The van der Waals surface area contributed by atoms with E-state index in [0.717, 1.165) is 16.7 Å². The lowest BCUT2D eigenvalue weighted by Crippen LogP contribution is -1.97. The standard InChI is InChI=1S/C41H26N2S/c1-2-10-29(11-3-1)43-38-17-9-8-16-34(38)32-14-6-4-12-30(32)31-13-5-7-15-33(31)36-24-27(18-20-39(36)43)28-19-21-40-37(25-28)35-22-23-42-26-41(35)44-40/h1-26H. The maximum Gasteiger partial charge on any atom is 0.0540 e. The summed E-state index contributed by atoms with van der Waals surface area (Å²) in [5.74, 6) is 0. The van der Waals surface area contributed by atoms with Crippen molar-refractivity contribution < 1.29 is 0 Å². The van der Waals surface area contributed by atoms with Gasteiger partial charge in [-0.2, -0.15) is 0 Å². The third-order valence-corrected chi connectivity index (χ3v) is 9.85. The predicted octanol–water partition coefficient (Wildman–Crippen LogP) is 11.6. The van der Waals surface area contributed by atoms with Crippen molar-refractivity contribution in [3.8, 4) is 16.8 Å². The van der Waals surface area contributed by atoms with Gasteiger partial charge < -0.3 is 4.57 Å². The second-order valence-corrected chi connectivity index (χ2v) is 12.3. The lowest BCUT2D eigenvalue weighted by Gasteiger charge is -2.14. The summed E-state index contributed by atoms with van der Waals surface area (Å²) in [5, 5.41) is 9.88. The van der Waals surface area contributed by atoms with Gasteiger partial charge in [0.2, 0.25) is 0 Å². The van der Waals surface area contributed by atoms with Crippen molar-refractivity contribution in [2.75, 3.05) is 0 Å². The van der Waals surface area contributed by atoms with Crippen molar-refractivity contribution in [1.29, 1.82) is 0 Å². The van der Waals surface area contributed by atoms with Gasteiger partial charge in [-0.1, -0.05) is 97.1 Å². The van der Waals surface area contributed by atoms with Gasteiger partial charge in [-0.05, 0) is 81.2 Å². The van der Waals surface area contributed by atoms with Gasteiger partial charge in [0.1, 0.15) is 0 Å². The van der Waals surface area contributed by atoms with Crippen molar-refractivity contribution in [2.45, 2.75) is 0 Å². The topological polar surface area (TPSA) is 17.8 Å². The highest BCUT2D eigenvalue weighted by Crippen LogP contribution is 2.38. The molecule has 0 spiro atoms. The SMILES string of the molecule is c1ccc(-n2c3ccccc3c3ccccc3c3ccccc3c3cc(-c4ccc5sc6cnccc6c5c4)ccc32)cc1. The molecule has 9 rings (SSSR count). The Morgan fingerprint density at radius 3 is 1.73 bits per heavy atom. The van der Waals surface area contributed by atoms with Crippen LogP contribution in [0, 0.1) is 0 Å². The Labute approximate surface area is 258 Å². The monoisotopic (exact) mass is 578 g/mol. The molecule has 0 atom stereocenters. The molecule has 0 N–H and O–H groups in total. The van der Waals surface area contributed by atoms with E-state index in [4.69, 9.17) is 0 Å². The molecular weight excluding hydrogens is 553 g/mol. The number of hydrogen-bond donors (Lipinski definition) is 0. The summed E-state index contributed by atoms with van der Waals surface area (Å²) in [4.78, 5) is 4.35. The molecule has 9 aromatic rings. The summed E-state index contributed by atoms with van der Waals surface area (Å²) in [6.45, 7) is 0. The Balaban J connectivity index is 1.49. The van der Waals surface area contributed by atoms with E-state index in [1.165, 1.54) is 63.6 Å². The van der Waals surface area contributed by atoms with E-state index in [0.29, 0.717) is 0 Å². The number of thiophene rings is 1. The lowest BCUT2D eigenvalue weighted by atomic mass is 9.98. The molecule has 6 aromatic carbocycles. The van der Waals surface area contributed by atoms with Crippen LogP contribution in [0.1, 0.15) is 0 Å². The maximum absolute atomic E-state index is 4.35. The van der Waals surface area contributed by atoms with Gasteiger partial charge in [0.05, 0.1) is 15.7 Å². The number of para-hydroxylation sites is 2. The Bertz CT molecular complexity index is 2610. The summed E-state index contributed by atoms with van der Waals surface area (Å²) >= 11 is 1.80. The van der Waals surface area contributed by atoms with Gasteiger partial charge in [-0.3, -0.25) is 4.98 Å². The highest BCUT2D eigenvalue weighted by Gasteiger charge is 2.13. The molecule has 0 radical (unpaired) electrons. The third kappa shape index (κ3) is 3.90. The van der Waals surface area contributed by atoms with E-state index >= 15 is 0 Å². The Hall–Kier alpha value is -5.51. The normalized spacial score (nSPS) is 11.6. The van der Waals surface area contributed by atoms with E-state index in [1.54, 1.807) is 11.3 Å². The van der Waals surface area contributed by atoms with Gasteiger partial charge in [0.15, 0.2) is 0 Å². The van der Waals surface area contributed by atoms with Crippen LogP contribution in [0.5, 0.6) is 0 Å². The Morgan fingerprint density at radius 1 is 0.409 bits per heavy atom. The van der Waals surface area contributed by atoms with Crippen LogP contribution in [-0.2, 0) is 0 Å². The molecule has 2 nitrogen and oxygen atoms in total. The van der Waals surface area contributed by atoms with Crippen molar-refractivity contribution in [3.63, 3.8) is 0 Å². The molecule has 3 heteroatoms. The molecule has 0 saturated carbocycles. The van der Waals surface area contributed by atoms with Crippen molar-refractivity contribution in [1.82, 2.24) is 9.55 Å². The van der Waals surface area contributed by atoms with Gasteiger partial charge >= 0.3 is 0 Å². The quantitative estimate of drug-likeness (QED) is 0.199. The number of rotatable bonds is 2. The van der Waals surface area contributed by atoms with Crippen LogP contribution in [0.3, 0.4) is 0 Å². The van der Waals surface area contributed by atoms with Crippen molar-refractivity contribution in [2.24, 2.45) is 0 Å². The minimum atomic E-state index is 1.13. The summed E-state index contributed by atoms with van der Waals surface area (Å²) in [5.41, 5.74) is 5.85. The number of hydrogen-bond acceptors (Lipinski definition) is 2. The van der Waals surface area contributed by atoms with Crippen LogP contribution in [0.4, 0.5) is 0 Å². The zero-order chi connectivity index (χ0) is 29.0. The smallest absolute Gasteiger partial charge is 0.0540 e. The number of fused-ring (bicyclic) bond motifs is 10. The second kappa shape index (κ2) is 10.0. The zero-order valence-electron chi connectivity index (χ0n) is 23.8. The minimum absolute atomic E-state index is 1.13. The molecule has 206 valence electrons. The fraction of sp³-hybridized carbons (Fsp3) is 0. The summed E-state index contributed by atoms with van der Waals surface area (Å²) < 4.78 is 4.93. The summed E-state index contributed by atoms with van der Waals surface area (Å²) in [6.07, 6.45) is 3.86. The van der Waals surface area contributed by atoms with E-state index in [9.17, 15) is 0 Å². The Kier molecular flexibility index (Phi) is 5.71. The van der Waals surface area contributed by atoms with Gasteiger partial charge in [0, 0.05) is 44.3 Å². The average Bonchev–Trinajstić information content (AvgIpc) is 3.48. The highest BCUT2D eigenvalue weighted by atomic mass is 32.1. The van der Waals surface area contributed by atoms with Gasteiger partial charge in [-0.25, -0.2) is 0 Å². The zero-order valence-corrected chi connectivity index (χ0v) is 24.6. The number of aromatic nitrogens is 2. The molecular formula is C41H26N2S. The van der Waals surface area contributed by atoms with Crippen LogP contribution in [0.2, 0.25) is 0 Å². The first kappa shape index (κ1) is 25.0. The van der Waals surface area contributed by atoms with Crippen molar-refractivity contribution in [3.05, 3.63) is 158 Å². The predicted molar refractivity (Wildman–Crippen MR) is 190 cm³/mol. The molecule has 0 aliphatic rings. The largest absolute Gasteiger partial charge is 0.309 e. The fourth-order valence-electron chi connectivity index (χ4n) is 6.72. The molecule has 0 saturated heterocycles. The molecule has 3 aromatic heterocycles. The van der Waals surface area contributed by atoms with E-state index < -0.39 is 0 Å².